The first kappa shape index (κ1) is 15.0. The molecule has 23 heavy (non-hydrogen) atoms. The van der Waals surface area contributed by atoms with Gasteiger partial charge in [-0.1, -0.05) is 72.8 Å². The summed E-state index contributed by atoms with van der Waals surface area (Å²) in [6.45, 7) is 0. The molecule has 2 aromatic rings. The summed E-state index contributed by atoms with van der Waals surface area (Å²) >= 11 is 0. The van der Waals surface area contributed by atoms with Crippen molar-refractivity contribution < 1.29 is 0 Å². The van der Waals surface area contributed by atoms with E-state index in [9.17, 15) is 0 Å². The minimum absolute atomic E-state index is 0.789. The van der Waals surface area contributed by atoms with E-state index in [1.54, 1.807) is 0 Å². The number of fused-ring (bicyclic) bond motifs is 2. The average Bonchev–Trinajstić information content (AvgIpc) is 3.19. The van der Waals surface area contributed by atoms with Crippen LogP contribution >= 0.6 is 0 Å². The summed E-state index contributed by atoms with van der Waals surface area (Å²) in [7, 11) is 1.09. The molecule has 2 aromatic carbocycles. The van der Waals surface area contributed by atoms with E-state index in [1.165, 1.54) is 36.8 Å². The molecule has 3 atom stereocenters. The molecule has 0 heterocycles. The summed E-state index contributed by atoms with van der Waals surface area (Å²) < 4.78 is 0. The second-order valence-electron chi connectivity index (χ2n) is 7.13. The van der Waals surface area contributed by atoms with Gasteiger partial charge in [-0.25, -0.2) is 0 Å². The highest BCUT2D eigenvalue weighted by atomic mass is 28.2. The fourth-order valence-electron chi connectivity index (χ4n) is 4.26. The van der Waals surface area contributed by atoms with Crippen LogP contribution in [0, 0.1) is 11.8 Å². The molecule has 1 heteroatoms. The molecular formula is C22H24Si. The summed E-state index contributed by atoms with van der Waals surface area (Å²) in [4.78, 5) is 0. The third-order valence-corrected chi connectivity index (χ3v) is 7.35. The van der Waals surface area contributed by atoms with E-state index >= 15 is 0 Å². The molecule has 2 bridgehead atoms. The van der Waals surface area contributed by atoms with Crippen molar-refractivity contribution in [1.82, 2.24) is 0 Å². The van der Waals surface area contributed by atoms with Crippen LogP contribution in [-0.2, 0) is 12.8 Å². The molecule has 0 amide bonds. The van der Waals surface area contributed by atoms with E-state index in [0.29, 0.717) is 0 Å². The summed E-state index contributed by atoms with van der Waals surface area (Å²) in [6.07, 6.45) is 10.3. The summed E-state index contributed by atoms with van der Waals surface area (Å²) in [5, 5.41) is 0. The molecule has 2 aliphatic rings. The van der Waals surface area contributed by atoms with Crippen molar-refractivity contribution in [2.24, 2.45) is 11.8 Å². The zero-order valence-electron chi connectivity index (χ0n) is 13.6. The van der Waals surface area contributed by atoms with Gasteiger partial charge in [0.05, 0.1) is 0 Å². The quantitative estimate of drug-likeness (QED) is 0.498. The number of rotatable bonds is 6. The Balaban J connectivity index is 1.47. The molecule has 1 fully saturated rings. The summed E-state index contributed by atoms with van der Waals surface area (Å²) in [6, 6.07) is 22.1. The first-order chi connectivity index (χ1) is 11.4. The monoisotopic (exact) mass is 316 g/mol. The van der Waals surface area contributed by atoms with Crippen molar-refractivity contribution in [2.75, 3.05) is 0 Å². The normalized spacial score (nSPS) is 25.3. The van der Waals surface area contributed by atoms with Crippen LogP contribution in [0.15, 0.2) is 72.8 Å². The van der Waals surface area contributed by atoms with Gasteiger partial charge < -0.3 is 0 Å². The Hall–Kier alpha value is -1.60. The van der Waals surface area contributed by atoms with Crippen LogP contribution in [-0.4, -0.2) is 9.52 Å². The smallest absolute Gasteiger partial charge is 0.0462 e. The van der Waals surface area contributed by atoms with E-state index in [2.05, 4.69) is 72.8 Å². The van der Waals surface area contributed by atoms with Crippen LogP contribution in [0.4, 0.5) is 0 Å². The maximum Gasteiger partial charge on any atom is 0.0462 e. The predicted octanol–water partition coefficient (Wildman–Crippen LogP) is 5.35. The number of benzene rings is 2. The first-order valence-electron chi connectivity index (χ1n) is 8.89. The van der Waals surface area contributed by atoms with Crippen molar-refractivity contribution in [1.29, 1.82) is 0 Å². The van der Waals surface area contributed by atoms with E-state index < -0.39 is 0 Å². The van der Waals surface area contributed by atoms with Gasteiger partial charge in [0.2, 0.25) is 0 Å². The molecule has 2 radical (unpaired) electrons. The maximum absolute atomic E-state index is 2.51. The van der Waals surface area contributed by atoms with Gasteiger partial charge in [0.15, 0.2) is 0 Å². The first-order valence-corrected chi connectivity index (χ1v) is 10.0. The van der Waals surface area contributed by atoms with Gasteiger partial charge in [-0.15, -0.1) is 0 Å². The summed E-state index contributed by atoms with van der Waals surface area (Å²) in [5.74, 6) is 1.78. The second-order valence-corrected chi connectivity index (χ2v) is 9.02. The van der Waals surface area contributed by atoms with E-state index in [-0.39, 0.29) is 0 Å². The van der Waals surface area contributed by atoms with Gasteiger partial charge in [0.1, 0.15) is 0 Å². The minimum atomic E-state index is 0.789. The molecule has 0 aliphatic heterocycles. The van der Waals surface area contributed by atoms with Gasteiger partial charge in [0.25, 0.3) is 0 Å². The van der Waals surface area contributed by atoms with Crippen molar-refractivity contribution in [3.05, 3.63) is 83.9 Å². The Bertz CT molecular complexity index is 605. The molecule has 0 N–H and O–H groups in total. The molecule has 116 valence electrons. The van der Waals surface area contributed by atoms with Crippen molar-refractivity contribution in [3.63, 3.8) is 0 Å². The third kappa shape index (κ3) is 3.67. The fourth-order valence-corrected chi connectivity index (χ4v) is 6.51. The zero-order chi connectivity index (χ0) is 15.5. The second kappa shape index (κ2) is 6.88. The lowest BCUT2D eigenvalue weighted by Crippen LogP contribution is -2.18. The van der Waals surface area contributed by atoms with E-state index in [1.807, 2.05) is 0 Å². The average molecular weight is 317 g/mol. The Morgan fingerprint density at radius 1 is 0.783 bits per heavy atom. The molecule has 3 unspecified atom stereocenters. The number of hydrogen-bond acceptors (Lipinski definition) is 0. The van der Waals surface area contributed by atoms with Gasteiger partial charge in [-0.05, 0) is 59.7 Å². The lowest BCUT2D eigenvalue weighted by atomic mass is 10.0. The topological polar surface area (TPSA) is 0 Å². The Kier molecular flexibility index (Phi) is 4.47. The molecule has 4 rings (SSSR count). The van der Waals surface area contributed by atoms with Gasteiger partial charge in [0, 0.05) is 9.52 Å². The van der Waals surface area contributed by atoms with Crippen molar-refractivity contribution in [3.8, 4) is 0 Å². The summed E-state index contributed by atoms with van der Waals surface area (Å²) in [5.41, 5.74) is 4.74. The van der Waals surface area contributed by atoms with Gasteiger partial charge >= 0.3 is 0 Å². The Labute approximate surface area is 142 Å². The van der Waals surface area contributed by atoms with Gasteiger partial charge in [-0.2, -0.15) is 0 Å². The minimum Gasteiger partial charge on any atom is -0.0851 e. The standard InChI is InChI=1S/C22H24Si/c1-3-7-17(8-4-1)14-21(15-18-9-5-2-6-10-18)23-22-16-19-11-12-20(22)13-19/h1-12,19-22H,13-16H2. The van der Waals surface area contributed by atoms with Crippen LogP contribution < -0.4 is 0 Å². The Morgan fingerprint density at radius 3 is 1.87 bits per heavy atom. The van der Waals surface area contributed by atoms with E-state index in [4.69, 9.17) is 0 Å². The molecule has 0 aromatic heterocycles. The van der Waals surface area contributed by atoms with Crippen molar-refractivity contribution in [2.45, 2.75) is 36.8 Å². The molecular weight excluding hydrogens is 292 g/mol. The van der Waals surface area contributed by atoms with Crippen LogP contribution in [0.25, 0.3) is 0 Å². The molecule has 0 nitrogen and oxygen atoms in total. The van der Waals surface area contributed by atoms with Crippen LogP contribution in [0.3, 0.4) is 0 Å². The van der Waals surface area contributed by atoms with Crippen LogP contribution in [0.5, 0.6) is 0 Å². The van der Waals surface area contributed by atoms with Crippen molar-refractivity contribution >= 4 is 9.52 Å². The lowest BCUT2D eigenvalue weighted by Gasteiger charge is -2.24. The van der Waals surface area contributed by atoms with Crippen LogP contribution in [0.2, 0.25) is 11.1 Å². The number of allylic oxidation sites excluding steroid dienone is 2. The molecule has 0 spiro atoms. The largest absolute Gasteiger partial charge is 0.0851 e. The SMILES string of the molecule is C1=CC2CC1CC2[Si]C(Cc1ccccc1)Cc1ccccc1. The molecule has 1 saturated carbocycles. The van der Waals surface area contributed by atoms with Gasteiger partial charge in [-0.3, -0.25) is 0 Å². The highest BCUT2D eigenvalue weighted by molar-refractivity contribution is 6.40. The highest BCUT2D eigenvalue weighted by Crippen LogP contribution is 2.48. The molecule has 2 aliphatic carbocycles. The molecule has 0 saturated heterocycles. The van der Waals surface area contributed by atoms with E-state index in [0.717, 1.165) is 32.4 Å². The Morgan fingerprint density at radius 2 is 1.39 bits per heavy atom. The fraction of sp³-hybridized carbons (Fsp3) is 0.364. The third-order valence-electron chi connectivity index (χ3n) is 5.38. The lowest BCUT2D eigenvalue weighted by molar-refractivity contribution is 0.668. The maximum atomic E-state index is 2.51. The highest BCUT2D eigenvalue weighted by Gasteiger charge is 2.36. The predicted molar refractivity (Wildman–Crippen MR) is 98.9 cm³/mol. The zero-order valence-corrected chi connectivity index (χ0v) is 14.6. The number of hydrogen-bond donors (Lipinski definition) is 0. The van der Waals surface area contributed by atoms with Crippen LogP contribution in [0.1, 0.15) is 24.0 Å².